The van der Waals surface area contributed by atoms with E-state index < -0.39 is 12.1 Å². The molecule has 5 N–H and O–H groups in total. The molecule has 9 heteroatoms. The van der Waals surface area contributed by atoms with E-state index in [9.17, 15) is 14.4 Å². The van der Waals surface area contributed by atoms with Crippen molar-refractivity contribution in [3.05, 3.63) is 71.3 Å². The summed E-state index contributed by atoms with van der Waals surface area (Å²) in [5.74, 6) is 0.0339. The first-order valence-corrected chi connectivity index (χ1v) is 12.3. The first-order valence-electron chi connectivity index (χ1n) is 12.3. The minimum atomic E-state index is -0.704. The number of benzene rings is 2. The first kappa shape index (κ1) is 26.9. The lowest BCUT2D eigenvalue weighted by atomic mass is 9.90. The molecule has 9 nitrogen and oxygen atoms in total. The highest BCUT2D eigenvalue weighted by Crippen LogP contribution is 2.19. The van der Waals surface area contributed by atoms with E-state index in [-0.39, 0.29) is 36.8 Å². The fourth-order valence-corrected chi connectivity index (χ4v) is 4.01. The van der Waals surface area contributed by atoms with Gasteiger partial charge in [0.2, 0.25) is 11.8 Å². The number of amides is 3. The predicted octanol–water partition coefficient (Wildman–Crippen LogP) is 2.84. The zero-order chi connectivity index (χ0) is 25.9. The summed E-state index contributed by atoms with van der Waals surface area (Å²) in [5.41, 5.74) is 2.19. The van der Waals surface area contributed by atoms with Crippen LogP contribution < -0.4 is 21.3 Å². The van der Waals surface area contributed by atoms with Gasteiger partial charge in [-0.15, -0.1) is 0 Å². The highest BCUT2D eigenvalue weighted by molar-refractivity contribution is 6.04. The van der Waals surface area contributed by atoms with Crippen LogP contribution in [-0.2, 0) is 27.5 Å². The fraction of sp³-hybridized carbons (Fsp3) is 0.407. The van der Waals surface area contributed by atoms with Crippen molar-refractivity contribution in [2.75, 3.05) is 6.54 Å². The molecular weight excluding hydrogens is 458 g/mol. The Balaban J connectivity index is 1.40. The van der Waals surface area contributed by atoms with Crippen LogP contribution in [0.25, 0.3) is 0 Å². The lowest BCUT2D eigenvalue weighted by Gasteiger charge is -2.29. The summed E-state index contributed by atoms with van der Waals surface area (Å²) in [5, 5.41) is 19.4. The van der Waals surface area contributed by atoms with Gasteiger partial charge in [-0.3, -0.25) is 20.3 Å². The van der Waals surface area contributed by atoms with Crippen LogP contribution in [0.4, 0.5) is 4.79 Å². The number of hydrogen-bond acceptors (Lipinski definition) is 6. The quantitative estimate of drug-likeness (QED) is 0.271. The summed E-state index contributed by atoms with van der Waals surface area (Å²) in [6.07, 6.45) is 2.21. The molecule has 1 heterocycles. The molecule has 3 atom stereocenters. The van der Waals surface area contributed by atoms with Gasteiger partial charge in [-0.05, 0) is 43.4 Å². The third-order valence-corrected chi connectivity index (χ3v) is 6.31. The molecule has 192 valence electrons. The summed E-state index contributed by atoms with van der Waals surface area (Å²) in [6.45, 7) is 5.01. The SMILES string of the molecule is CC[C@H]1CCNC(C(=O)N[C@@H](C)C(=O)NCc2ccc(C(=N)NC(=O)OCc3ccccc3)cc2)C1. The van der Waals surface area contributed by atoms with Crippen LogP contribution in [0.2, 0.25) is 0 Å². The van der Waals surface area contributed by atoms with Gasteiger partial charge in [-0.1, -0.05) is 67.9 Å². The Hall–Kier alpha value is -3.72. The monoisotopic (exact) mass is 493 g/mol. The largest absolute Gasteiger partial charge is 0.444 e. The molecule has 0 aromatic heterocycles. The summed E-state index contributed by atoms with van der Waals surface area (Å²) in [7, 11) is 0. The number of rotatable bonds is 9. The number of ether oxygens (including phenoxy) is 1. The number of piperidine rings is 1. The lowest BCUT2D eigenvalue weighted by molar-refractivity contribution is -0.130. The van der Waals surface area contributed by atoms with Gasteiger partial charge in [-0.2, -0.15) is 0 Å². The molecule has 0 aliphatic carbocycles. The third kappa shape index (κ3) is 8.20. The van der Waals surface area contributed by atoms with E-state index in [0.29, 0.717) is 11.5 Å². The van der Waals surface area contributed by atoms with E-state index >= 15 is 0 Å². The van der Waals surface area contributed by atoms with E-state index in [1.165, 1.54) is 0 Å². The molecule has 3 amide bonds. The van der Waals surface area contributed by atoms with Crippen molar-refractivity contribution in [1.29, 1.82) is 5.41 Å². The molecule has 0 bridgehead atoms. The Morgan fingerprint density at radius 3 is 2.50 bits per heavy atom. The van der Waals surface area contributed by atoms with Crippen LogP contribution in [0, 0.1) is 11.3 Å². The topological polar surface area (TPSA) is 132 Å². The maximum atomic E-state index is 12.5. The fourth-order valence-electron chi connectivity index (χ4n) is 4.01. The average molecular weight is 494 g/mol. The van der Waals surface area contributed by atoms with Crippen molar-refractivity contribution in [2.45, 2.75) is 58.3 Å². The Labute approximate surface area is 211 Å². The van der Waals surface area contributed by atoms with Gasteiger partial charge in [0.05, 0.1) is 6.04 Å². The van der Waals surface area contributed by atoms with Crippen molar-refractivity contribution in [2.24, 2.45) is 5.92 Å². The number of alkyl carbamates (subject to hydrolysis) is 1. The molecule has 0 spiro atoms. The van der Waals surface area contributed by atoms with Gasteiger partial charge < -0.3 is 20.7 Å². The maximum Gasteiger partial charge on any atom is 0.413 e. The molecular formula is C27H35N5O4. The Bertz CT molecular complexity index is 1040. The van der Waals surface area contributed by atoms with E-state index in [1.54, 1.807) is 31.2 Å². The van der Waals surface area contributed by atoms with E-state index in [2.05, 4.69) is 28.2 Å². The van der Waals surface area contributed by atoms with Crippen molar-refractivity contribution in [3.8, 4) is 0 Å². The van der Waals surface area contributed by atoms with Gasteiger partial charge in [0, 0.05) is 12.1 Å². The number of nitrogens with one attached hydrogen (secondary N) is 5. The summed E-state index contributed by atoms with van der Waals surface area (Å²) >= 11 is 0. The van der Waals surface area contributed by atoms with E-state index in [1.807, 2.05) is 30.3 Å². The smallest absolute Gasteiger partial charge is 0.413 e. The number of carbonyl (C=O) groups excluding carboxylic acids is 3. The van der Waals surface area contributed by atoms with Crippen molar-refractivity contribution < 1.29 is 19.1 Å². The van der Waals surface area contributed by atoms with Crippen LogP contribution in [0.3, 0.4) is 0 Å². The summed E-state index contributed by atoms with van der Waals surface area (Å²) in [4.78, 5) is 37.0. The van der Waals surface area contributed by atoms with E-state index in [0.717, 1.165) is 36.9 Å². The van der Waals surface area contributed by atoms with Crippen molar-refractivity contribution in [1.82, 2.24) is 21.3 Å². The summed E-state index contributed by atoms with van der Waals surface area (Å²) in [6, 6.07) is 15.3. The van der Waals surface area contributed by atoms with Crippen LogP contribution >= 0.6 is 0 Å². The number of amidine groups is 1. The molecule has 3 rings (SSSR count). The maximum absolute atomic E-state index is 12.5. The minimum Gasteiger partial charge on any atom is -0.444 e. The molecule has 0 radical (unpaired) electrons. The zero-order valence-corrected chi connectivity index (χ0v) is 20.8. The first-order chi connectivity index (χ1) is 17.4. The van der Waals surface area contributed by atoms with Crippen LogP contribution in [-0.4, -0.2) is 42.4 Å². The van der Waals surface area contributed by atoms with Gasteiger partial charge in [-0.25, -0.2) is 4.79 Å². The van der Waals surface area contributed by atoms with Crippen molar-refractivity contribution in [3.63, 3.8) is 0 Å². The second-order valence-electron chi connectivity index (χ2n) is 9.01. The summed E-state index contributed by atoms with van der Waals surface area (Å²) < 4.78 is 5.14. The lowest BCUT2D eigenvalue weighted by Crippen LogP contribution is -2.53. The minimum absolute atomic E-state index is 0.0818. The molecule has 0 saturated carbocycles. The Kier molecular flexibility index (Phi) is 10.00. The second-order valence-corrected chi connectivity index (χ2v) is 9.01. The van der Waals surface area contributed by atoms with Gasteiger partial charge in [0.1, 0.15) is 18.5 Å². The molecule has 1 saturated heterocycles. The molecule has 1 aliphatic rings. The van der Waals surface area contributed by atoms with Gasteiger partial charge in [0.25, 0.3) is 0 Å². The van der Waals surface area contributed by atoms with Gasteiger partial charge >= 0.3 is 6.09 Å². The second kappa shape index (κ2) is 13.4. The average Bonchev–Trinajstić information content (AvgIpc) is 2.91. The predicted molar refractivity (Wildman–Crippen MR) is 137 cm³/mol. The Morgan fingerprint density at radius 2 is 1.81 bits per heavy atom. The van der Waals surface area contributed by atoms with Crippen LogP contribution in [0.1, 0.15) is 49.8 Å². The highest BCUT2D eigenvalue weighted by atomic mass is 16.5. The number of carbonyl (C=O) groups is 3. The highest BCUT2D eigenvalue weighted by Gasteiger charge is 2.27. The molecule has 1 fully saturated rings. The van der Waals surface area contributed by atoms with E-state index in [4.69, 9.17) is 10.1 Å². The molecule has 36 heavy (non-hydrogen) atoms. The molecule has 1 aliphatic heterocycles. The number of hydrogen-bond donors (Lipinski definition) is 5. The van der Waals surface area contributed by atoms with Crippen molar-refractivity contribution >= 4 is 23.7 Å². The van der Waals surface area contributed by atoms with Crippen LogP contribution in [0.15, 0.2) is 54.6 Å². The molecule has 2 aromatic carbocycles. The molecule has 1 unspecified atom stereocenters. The Morgan fingerprint density at radius 1 is 1.08 bits per heavy atom. The zero-order valence-electron chi connectivity index (χ0n) is 20.8. The van der Waals surface area contributed by atoms with Gasteiger partial charge in [0.15, 0.2) is 0 Å². The van der Waals surface area contributed by atoms with Crippen LogP contribution in [0.5, 0.6) is 0 Å². The normalized spacial score (nSPS) is 17.9. The molecule has 2 aromatic rings. The standard InChI is InChI=1S/C27H35N5O4/c1-3-19-13-14-29-23(15-19)26(34)31-18(2)25(33)30-16-20-9-11-22(12-10-20)24(28)32-27(35)36-17-21-7-5-4-6-8-21/h4-12,18-19,23,29H,3,13-17H2,1-2H3,(H,30,33)(H,31,34)(H2,28,32,35)/t18-,19-,23?/m0/s1. The third-order valence-electron chi connectivity index (χ3n) is 6.31.